The first kappa shape index (κ1) is 17.5. The topological polar surface area (TPSA) is 45.0 Å². The molecule has 0 saturated heterocycles. The SMILES string of the molecule is CCOC(=S)C(C#N)=C(C)NC(CC)c1ccc(Cl)cc1. The molecule has 1 N–H and O–H groups in total. The van der Waals surface area contributed by atoms with E-state index in [1.165, 1.54) is 0 Å². The van der Waals surface area contributed by atoms with Crippen LogP contribution in [0.3, 0.4) is 0 Å². The molecule has 0 aromatic heterocycles. The summed E-state index contributed by atoms with van der Waals surface area (Å²) >= 11 is 11.0. The fourth-order valence-corrected chi connectivity index (χ4v) is 2.38. The predicted octanol–water partition coefficient (Wildman–Crippen LogP) is 4.54. The van der Waals surface area contributed by atoms with Gasteiger partial charge in [0, 0.05) is 10.7 Å². The zero-order valence-electron chi connectivity index (χ0n) is 12.4. The number of nitrogens with one attached hydrogen (secondary N) is 1. The average molecular weight is 323 g/mol. The molecule has 0 spiro atoms. The summed E-state index contributed by atoms with van der Waals surface area (Å²) < 4.78 is 5.25. The molecule has 1 unspecified atom stereocenters. The molecule has 5 heteroatoms. The van der Waals surface area contributed by atoms with Gasteiger partial charge in [0.1, 0.15) is 11.6 Å². The molecule has 112 valence electrons. The summed E-state index contributed by atoms with van der Waals surface area (Å²) in [5, 5.41) is 13.5. The molecule has 21 heavy (non-hydrogen) atoms. The van der Waals surface area contributed by atoms with Gasteiger partial charge in [0.2, 0.25) is 5.05 Å². The van der Waals surface area contributed by atoms with Crippen molar-refractivity contribution in [3.63, 3.8) is 0 Å². The molecular weight excluding hydrogens is 304 g/mol. The van der Waals surface area contributed by atoms with Crippen LogP contribution in [0.2, 0.25) is 5.02 Å². The van der Waals surface area contributed by atoms with E-state index in [9.17, 15) is 5.26 Å². The Morgan fingerprint density at radius 1 is 1.38 bits per heavy atom. The first-order chi connectivity index (χ1) is 10.0. The predicted molar refractivity (Wildman–Crippen MR) is 90.2 cm³/mol. The van der Waals surface area contributed by atoms with Crippen molar-refractivity contribution in [1.82, 2.24) is 5.32 Å². The van der Waals surface area contributed by atoms with Gasteiger partial charge in [-0.3, -0.25) is 0 Å². The molecule has 0 saturated carbocycles. The minimum atomic E-state index is 0.0926. The summed E-state index contributed by atoms with van der Waals surface area (Å²) in [4.78, 5) is 0. The minimum Gasteiger partial charge on any atom is -0.483 e. The molecule has 0 heterocycles. The number of benzene rings is 1. The summed E-state index contributed by atoms with van der Waals surface area (Å²) in [7, 11) is 0. The molecule has 1 aromatic rings. The molecule has 0 aliphatic rings. The lowest BCUT2D eigenvalue weighted by atomic mass is 10.0. The monoisotopic (exact) mass is 322 g/mol. The van der Waals surface area contributed by atoms with Crippen molar-refractivity contribution in [1.29, 1.82) is 5.26 Å². The fraction of sp³-hybridized carbons (Fsp3) is 0.375. The number of halogens is 1. The third-order valence-corrected chi connectivity index (χ3v) is 3.61. The molecule has 3 nitrogen and oxygen atoms in total. The molecule has 0 bridgehead atoms. The van der Waals surface area contributed by atoms with Gasteiger partial charge >= 0.3 is 0 Å². The minimum absolute atomic E-state index is 0.0926. The lowest BCUT2D eigenvalue weighted by molar-refractivity contribution is 0.337. The van der Waals surface area contributed by atoms with Gasteiger partial charge in [0.25, 0.3) is 0 Å². The van der Waals surface area contributed by atoms with Gasteiger partial charge in [-0.25, -0.2) is 0 Å². The van der Waals surface area contributed by atoms with Gasteiger partial charge in [-0.2, -0.15) is 5.26 Å². The molecule has 1 atom stereocenters. The van der Waals surface area contributed by atoms with E-state index in [-0.39, 0.29) is 11.1 Å². The Morgan fingerprint density at radius 2 is 2.00 bits per heavy atom. The lowest BCUT2D eigenvalue weighted by Crippen LogP contribution is -2.22. The van der Waals surface area contributed by atoms with Crippen molar-refractivity contribution in [2.75, 3.05) is 6.61 Å². The molecule has 1 aromatic carbocycles. The maximum absolute atomic E-state index is 9.25. The summed E-state index contributed by atoms with van der Waals surface area (Å²) in [6.07, 6.45) is 0.874. The van der Waals surface area contributed by atoms with Gasteiger partial charge in [-0.1, -0.05) is 30.7 Å². The van der Waals surface area contributed by atoms with Crippen LogP contribution in [0.25, 0.3) is 0 Å². The Labute approximate surface area is 136 Å². The largest absolute Gasteiger partial charge is 0.483 e. The van der Waals surface area contributed by atoms with Crippen molar-refractivity contribution in [2.24, 2.45) is 0 Å². The van der Waals surface area contributed by atoms with E-state index >= 15 is 0 Å². The highest BCUT2D eigenvalue weighted by molar-refractivity contribution is 7.80. The second kappa shape index (κ2) is 8.66. The van der Waals surface area contributed by atoms with Gasteiger partial charge in [0.05, 0.1) is 12.6 Å². The quantitative estimate of drug-likeness (QED) is 0.474. The van der Waals surface area contributed by atoms with Crippen LogP contribution >= 0.6 is 23.8 Å². The first-order valence-electron chi connectivity index (χ1n) is 6.83. The van der Waals surface area contributed by atoms with Gasteiger partial charge in [-0.05, 0) is 50.2 Å². The number of thiocarbonyl (C=S) groups is 1. The standard InChI is InChI=1S/C16H19ClN2OS/c1-4-15(12-6-8-13(17)9-7-12)19-11(3)14(10-18)16(21)20-5-2/h6-9,15,19H,4-5H2,1-3H3. The molecule has 0 aliphatic carbocycles. The number of nitrogens with zero attached hydrogens (tertiary/aromatic N) is 1. The van der Waals surface area contributed by atoms with Crippen LogP contribution in [0.5, 0.6) is 0 Å². The third-order valence-electron chi connectivity index (χ3n) is 3.04. The molecular formula is C16H19ClN2OS. The normalized spacial score (nSPS) is 12.9. The van der Waals surface area contributed by atoms with Gasteiger partial charge in [-0.15, -0.1) is 0 Å². The number of allylic oxidation sites excluding steroid dienone is 1. The Bertz CT molecular complexity index is 561. The Morgan fingerprint density at radius 3 is 2.48 bits per heavy atom. The molecule has 0 aliphatic heterocycles. The van der Waals surface area contributed by atoms with Crippen LogP contribution in [0.1, 0.15) is 38.8 Å². The zero-order valence-corrected chi connectivity index (χ0v) is 14.0. The number of hydrogen-bond acceptors (Lipinski definition) is 4. The second-order valence-corrected chi connectivity index (χ2v) is 5.30. The molecule has 1 rings (SSSR count). The number of nitriles is 1. The number of hydrogen-bond donors (Lipinski definition) is 1. The van der Waals surface area contributed by atoms with Crippen LogP contribution < -0.4 is 5.32 Å². The Kier molecular flexibility index (Phi) is 7.21. The molecule has 0 radical (unpaired) electrons. The Hall–Kier alpha value is -1.57. The zero-order chi connectivity index (χ0) is 15.8. The molecule has 0 amide bonds. The van der Waals surface area contributed by atoms with E-state index < -0.39 is 0 Å². The van der Waals surface area contributed by atoms with Crippen molar-refractivity contribution in [3.05, 3.63) is 46.1 Å². The van der Waals surface area contributed by atoms with E-state index in [1.807, 2.05) is 38.1 Å². The van der Waals surface area contributed by atoms with E-state index in [0.717, 1.165) is 17.7 Å². The van der Waals surface area contributed by atoms with E-state index in [0.29, 0.717) is 17.2 Å². The van der Waals surface area contributed by atoms with E-state index in [2.05, 4.69) is 18.3 Å². The second-order valence-electron chi connectivity index (χ2n) is 4.49. The summed E-state index contributed by atoms with van der Waals surface area (Å²) in [6, 6.07) is 9.87. The number of rotatable bonds is 6. The summed E-state index contributed by atoms with van der Waals surface area (Å²) in [6.45, 7) is 6.20. The van der Waals surface area contributed by atoms with Crippen LogP contribution in [0, 0.1) is 11.3 Å². The Balaban J connectivity index is 2.96. The summed E-state index contributed by atoms with van der Waals surface area (Å²) in [5.74, 6) is 0. The van der Waals surface area contributed by atoms with Crippen molar-refractivity contribution < 1.29 is 4.74 Å². The van der Waals surface area contributed by atoms with Gasteiger partial charge in [0.15, 0.2) is 0 Å². The van der Waals surface area contributed by atoms with Crippen LogP contribution in [-0.2, 0) is 4.74 Å². The maximum Gasteiger partial charge on any atom is 0.203 e. The van der Waals surface area contributed by atoms with Crippen LogP contribution in [0.4, 0.5) is 0 Å². The van der Waals surface area contributed by atoms with E-state index in [1.54, 1.807) is 0 Å². The van der Waals surface area contributed by atoms with Crippen LogP contribution in [-0.4, -0.2) is 11.7 Å². The smallest absolute Gasteiger partial charge is 0.203 e. The van der Waals surface area contributed by atoms with Crippen LogP contribution in [0.15, 0.2) is 35.5 Å². The van der Waals surface area contributed by atoms with Gasteiger partial charge < -0.3 is 10.1 Å². The lowest BCUT2D eigenvalue weighted by Gasteiger charge is -2.20. The van der Waals surface area contributed by atoms with Crippen molar-refractivity contribution >= 4 is 28.9 Å². The van der Waals surface area contributed by atoms with Crippen molar-refractivity contribution in [3.8, 4) is 6.07 Å². The highest BCUT2D eigenvalue weighted by Gasteiger charge is 2.14. The first-order valence-corrected chi connectivity index (χ1v) is 7.62. The van der Waals surface area contributed by atoms with E-state index in [4.69, 9.17) is 28.6 Å². The maximum atomic E-state index is 9.25. The highest BCUT2D eigenvalue weighted by atomic mass is 35.5. The van der Waals surface area contributed by atoms with Crippen molar-refractivity contribution in [2.45, 2.75) is 33.2 Å². The fourth-order valence-electron chi connectivity index (χ4n) is 1.94. The molecule has 0 fully saturated rings. The highest BCUT2D eigenvalue weighted by Crippen LogP contribution is 2.21. The number of ether oxygens (including phenoxy) is 1. The third kappa shape index (κ3) is 5.04. The summed E-state index contributed by atoms with van der Waals surface area (Å²) in [5.41, 5.74) is 2.21. The average Bonchev–Trinajstić information content (AvgIpc) is 2.47.